The van der Waals surface area contributed by atoms with Crippen LogP contribution in [0.25, 0.3) is 0 Å². The molecule has 1 unspecified atom stereocenters. The fourth-order valence-electron chi connectivity index (χ4n) is 1.36. The van der Waals surface area contributed by atoms with E-state index in [1.807, 2.05) is 31.2 Å². The van der Waals surface area contributed by atoms with Crippen LogP contribution in [0.4, 0.5) is 0 Å². The summed E-state index contributed by atoms with van der Waals surface area (Å²) in [6.45, 7) is 3.17. The first-order valence-corrected chi connectivity index (χ1v) is 6.21. The summed E-state index contributed by atoms with van der Waals surface area (Å²) in [5.74, 6) is 0.442. The van der Waals surface area contributed by atoms with E-state index in [-0.39, 0.29) is 30.0 Å². The largest absolute Gasteiger partial charge is 0.383 e. The summed E-state index contributed by atoms with van der Waals surface area (Å²) in [6, 6.07) is 8.16. The number of guanidine groups is 1. The first kappa shape index (κ1) is 17.7. The molecule has 0 saturated heterocycles. The second-order valence-corrected chi connectivity index (χ2v) is 4.74. The fourth-order valence-corrected chi connectivity index (χ4v) is 1.62. The highest BCUT2D eigenvalue weighted by Gasteiger charge is 2.01. The van der Waals surface area contributed by atoms with Gasteiger partial charge in [-0.2, -0.15) is 0 Å². The number of methoxy groups -OCH3 is 1. The van der Waals surface area contributed by atoms with Gasteiger partial charge in [-0.25, -0.2) is 4.99 Å². The summed E-state index contributed by atoms with van der Waals surface area (Å²) in [4.78, 5) is 4.26. The third kappa shape index (κ3) is 7.17. The van der Waals surface area contributed by atoms with Crippen molar-refractivity contribution < 1.29 is 4.74 Å². The summed E-state index contributed by atoms with van der Waals surface area (Å²) in [5.41, 5.74) is 6.88. The van der Waals surface area contributed by atoms with Crippen molar-refractivity contribution in [2.45, 2.75) is 19.5 Å². The lowest BCUT2D eigenvalue weighted by Gasteiger charge is -2.12. The molecule has 1 aromatic carbocycles. The van der Waals surface area contributed by atoms with Crippen LogP contribution < -0.4 is 11.1 Å². The van der Waals surface area contributed by atoms with Gasteiger partial charge < -0.3 is 15.8 Å². The number of nitrogens with two attached hydrogens (primary N) is 1. The Morgan fingerprint density at radius 1 is 1.44 bits per heavy atom. The molecule has 3 N–H and O–H groups in total. The Balaban J connectivity index is 0.00000289. The van der Waals surface area contributed by atoms with E-state index in [9.17, 15) is 0 Å². The van der Waals surface area contributed by atoms with Crippen LogP contribution in [-0.4, -0.2) is 25.7 Å². The van der Waals surface area contributed by atoms with Crippen molar-refractivity contribution in [2.24, 2.45) is 10.7 Å². The maximum Gasteiger partial charge on any atom is 0.189 e. The van der Waals surface area contributed by atoms with Gasteiger partial charge in [0.1, 0.15) is 0 Å². The van der Waals surface area contributed by atoms with Crippen molar-refractivity contribution in [3.63, 3.8) is 0 Å². The van der Waals surface area contributed by atoms with Crippen LogP contribution in [0.5, 0.6) is 0 Å². The minimum absolute atomic E-state index is 0. The lowest BCUT2D eigenvalue weighted by molar-refractivity contribution is 0.179. The summed E-state index contributed by atoms with van der Waals surface area (Å²) in [6.07, 6.45) is 0. The van der Waals surface area contributed by atoms with Crippen molar-refractivity contribution in [1.82, 2.24) is 5.32 Å². The van der Waals surface area contributed by atoms with Gasteiger partial charge in [-0.1, -0.05) is 28.1 Å². The highest BCUT2D eigenvalue weighted by Crippen LogP contribution is 2.10. The number of nitrogens with one attached hydrogen (secondary N) is 1. The molecule has 0 bridgehead atoms. The molecule has 0 amide bonds. The Morgan fingerprint density at radius 3 is 2.61 bits per heavy atom. The van der Waals surface area contributed by atoms with Gasteiger partial charge in [-0.15, -0.1) is 24.0 Å². The summed E-state index contributed by atoms with van der Waals surface area (Å²) in [5, 5.41) is 3.06. The second kappa shape index (κ2) is 9.57. The van der Waals surface area contributed by atoms with Crippen molar-refractivity contribution in [1.29, 1.82) is 0 Å². The van der Waals surface area contributed by atoms with Crippen LogP contribution in [-0.2, 0) is 11.3 Å². The second-order valence-electron chi connectivity index (χ2n) is 3.83. The molecule has 0 saturated carbocycles. The molecule has 4 nitrogen and oxygen atoms in total. The van der Waals surface area contributed by atoms with Crippen molar-refractivity contribution >= 4 is 45.9 Å². The van der Waals surface area contributed by atoms with Gasteiger partial charge in [0, 0.05) is 17.6 Å². The van der Waals surface area contributed by atoms with Crippen LogP contribution in [0.2, 0.25) is 0 Å². The molecule has 6 heteroatoms. The monoisotopic (exact) mass is 427 g/mol. The lowest BCUT2D eigenvalue weighted by atomic mass is 10.2. The van der Waals surface area contributed by atoms with Gasteiger partial charge in [0.15, 0.2) is 5.96 Å². The zero-order chi connectivity index (χ0) is 12.7. The third-order valence-electron chi connectivity index (χ3n) is 2.16. The van der Waals surface area contributed by atoms with Crippen LogP contribution >= 0.6 is 39.9 Å². The normalized spacial score (nSPS) is 12.7. The van der Waals surface area contributed by atoms with E-state index in [4.69, 9.17) is 10.5 Å². The number of ether oxygens (including phenoxy) is 1. The van der Waals surface area contributed by atoms with E-state index in [0.717, 1.165) is 10.0 Å². The molecule has 18 heavy (non-hydrogen) atoms. The lowest BCUT2D eigenvalue weighted by Crippen LogP contribution is -2.40. The predicted octanol–water partition coefficient (Wildman–Crippen LogP) is 2.51. The average Bonchev–Trinajstić information content (AvgIpc) is 2.28. The highest BCUT2D eigenvalue weighted by molar-refractivity contribution is 14.0. The molecule has 0 radical (unpaired) electrons. The zero-order valence-electron chi connectivity index (χ0n) is 10.5. The molecule has 0 aliphatic carbocycles. The van der Waals surface area contributed by atoms with Gasteiger partial charge in [0.25, 0.3) is 0 Å². The number of rotatable bonds is 5. The topological polar surface area (TPSA) is 59.6 Å². The molecular formula is C12H19BrIN3O. The fraction of sp³-hybridized carbons (Fsp3) is 0.417. The Kier molecular flexibility index (Phi) is 9.39. The molecule has 0 fully saturated rings. The van der Waals surface area contributed by atoms with Gasteiger partial charge in [-0.3, -0.25) is 0 Å². The van der Waals surface area contributed by atoms with Crippen LogP contribution in [0, 0.1) is 0 Å². The first-order valence-electron chi connectivity index (χ1n) is 5.41. The molecule has 1 rings (SSSR count). The van der Waals surface area contributed by atoms with E-state index in [2.05, 4.69) is 26.2 Å². The van der Waals surface area contributed by atoms with Crippen LogP contribution in [0.1, 0.15) is 12.5 Å². The minimum atomic E-state index is 0. The van der Waals surface area contributed by atoms with Gasteiger partial charge >= 0.3 is 0 Å². The van der Waals surface area contributed by atoms with E-state index < -0.39 is 0 Å². The Bertz CT molecular complexity index is 370. The summed E-state index contributed by atoms with van der Waals surface area (Å²) >= 11 is 3.39. The summed E-state index contributed by atoms with van der Waals surface area (Å²) < 4.78 is 6.06. The molecular weight excluding hydrogens is 409 g/mol. The molecule has 0 aromatic heterocycles. The standard InChI is InChI=1S/C12H18BrN3O.HI/c1-9(8-17-2)16-12(14)15-7-10-3-5-11(13)6-4-10;/h3-6,9H,7-8H2,1-2H3,(H3,14,15,16);1H. The molecule has 0 aliphatic rings. The number of halogens is 2. The van der Waals surface area contributed by atoms with E-state index in [1.165, 1.54) is 0 Å². The van der Waals surface area contributed by atoms with Gasteiger partial charge in [0.2, 0.25) is 0 Å². The van der Waals surface area contributed by atoms with E-state index in [0.29, 0.717) is 19.1 Å². The average molecular weight is 428 g/mol. The van der Waals surface area contributed by atoms with E-state index in [1.54, 1.807) is 7.11 Å². The van der Waals surface area contributed by atoms with Crippen molar-refractivity contribution in [2.75, 3.05) is 13.7 Å². The smallest absolute Gasteiger partial charge is 0.189 e. The number of hydrogen-bond acceptors (Lipinski definition) is 2. The van der Waals surface area contributed by atoms with Crippen LogP contribution in [0.3, 0.4) is 0 Å². The molecule has 0 heterocycles. The van der Waals surface area contributed by atoms with Gasteiger partial charge in [0.05, 0.1) is 13.2 Å². The van der Waals surface area contributed by atoms with E-state index >= 15 is 0 Å². The molecule has 1 atom stereocenters. The van der Waals surface area contributed by atoms with Crippen LogP contribution in [0.15, 0.2) is 33.7 Å². The first-order chi connectivity index (χ1) is 8.11. The van der Waals surface area contributed by atoms with Crippen molar-refractivity contribution in [3.8, 4) is 0 Å². The summed E-state index contributed by atoms with van der Waals surface area (Å²) in [7, 11) is 1.66. The minimum Gasteiger partial charge on any atom is -0.383 e. The highest BCUT2D eigenvalue weighted by atomic mass is 127. The molecule has 0 spiro atoms. The maximum atomic E-state index is 5.76. The number of hydrogen-bond donors (Lipinski definition) is 2. The third-order valence-corrected chi connectivity index (χ3v) is 2.68. The number of nitrogens with zero attached hydrogens (tertiary/aromatic N) is 1. The van der Waals surface area contributed by atoms with Gasteiger partial charge in [-0.05, 0) is 24.6 Å². The Hall–Kier alpha value is -0.340. The predicted molar refractivity (Wildman–Crippen MR) is 89.4 cm³/mol. The Labute approximate surface area is 134 Å². The Morgan fingerprint density at radius 2 is 2.06 bits per heavy atom. The maximum absolute atomic E-state index is 5.76. The van der Waals surface area contributed by atoms with Crippen molar-refractivity contribution in [3.05, 3.63) is 34.3 Å². The molecule has 1 aromatic rings. The molecule has 0 aliphatic heterocycles. The quantitative estimate of drug-likeness (QED) is 0.431. The number of benzene rings is 1. The molecule has 102 valence electrons. The number of aliphatic imine (C=N–C) groups is 1. The SMILES string of the molecule is COCC(C)NC(N)=NCc1ccc(Br)cc1.I. The zero-order valence-corrected chi connectivity index (χ0v) is 14.4.